The molecule has 0 bridgehead atoms. The molecule has 0 radical (unpaired) electrons. The van der Waals surface area contributed by atoms with Crippen LogP contribution in [-0.2, 0) is 4.79 Å². The number of benzene rings is 2. The fourth-order valence-electron chi connectivity index (χ4n) is 3.91. The van der Waals surface area contributed by atoms with Crippen molar-refractivity contribution in [3.8, 4) is 17.2 Å². The van der Waals surface area contributed by atoms with Gasteiger partial charge in [0, 0.05) is 30.1 Å². The molecule has 0 N–H and O–H groups in total. The van der Waals surface area contributed by atoms with Gasteiger partial charge in [-0.1, -0.05) is 11.6 Å². The molecule has 0 unspecified atom stereocenters. The van der Waals surface area contributed by atoms with Crippen LogP contribution >= 0.6 is 22.9 Å². The number of rotatable bonds is 6. The minimum atomic E-state index is -0.00622. The topological polar surface area (TPSA) is 60.9 Å². The van der Waals surface area contributed by atoms with Crippen LogP contribution in [0.3, 0.4) is 0 Å². The summed E-state index contributed by atoms with van der Waals surface area (Å²) in [6.07, 6.45) is 5.17. The number of hydrogen-bond donors (Lipinski definition) is 0. The normalized spacial score (nSPS) is 14.8. The molecule has 3 aromatic rings. The lowest BCUT2D eigenvalue weighted by atomic mass is 9.97. The molecule has 1 amide bonds. The lowest BCUT2D eigenvalue weighted by molar-refractivity contribution is -0.126. The summed E-state index contributed by atoms with van der Waals surface area (Å²) in [7, 11) is 4.70. The molecule has 0 atom stereocenters. The third-order valence-corrected chi connectivity index (χ3v) is 7.06. The number of likely N-dealkylation sites (tertiary alicyclic amines) is 1. The van der Waals surface area contributed by atoms with E-state index in [-0.39, 0.29) is 5.91 Å². The summed E-state index contributed by atoms with van der Waals surface area (Å²) in [5.74, 6) is 1.99. The average Bonchev–Trinajstić information content (AvgIpc) is 3.25. The van der Waals surface area contributed by atoms with Gasteiger partial charge in [0.2, 0.25) is 11.7 Å². The Bertz CT molecular complexity index is 1130. The Balaban J connectivity index is 1.40. The van der Waals surface area contributed by atoms with Crippen LogP contribution in [0.1, 0.15) is 29.3 Å². The van der Waals surface area contributed by atoms with Gasteiger partial charge in [-0.2, -0.15) is 0 Å². The number of aromatic nitrogens is 1. The first-order chi connectivity index (χ1) is 15.5. The maximum Gasteiger partial charge on any atom is 0.246 e. The molecule has 2 aromatic carbocycles. The van der Waals surface area contributed by atoms with Crippen molar-refractivity contribution in [2.45, 2.75) is 18.8 Å². The molecule has 1 fully saturated rings. The van der Waals surface area contributed by atoms with Crippen LogP contribution in [0.25, 0.3) is 16.3 Å². The van der Waals surface area contributed by atoms with E-state index in [1.165, 1.54) is 0 Å². The Morgan fingerprint density at radius 2 is 1.78 bits per heavy atom. The van der Waals surface area contributed by atoms with Crippen LogP contribution in [0.4, 0.5) is 0 Å². The van der Waals surface area contributed by atoms with Crippen LogP contribution in [0.5, 0.6) is 17.2 Å². The molecule has 1 aliphatic heterocycles. The summed E-state index contributed by atoms with van der Waals surface area (Å²) in [5, 5.41) is 1.83. The van der Waals surface area contributed by atoms with E-state index in [4.69, 9.17) is 30.8 Å². The molecule has 8 heteroatoms. The fourth-order valence-corrected chi connectivity index (χ4v) is 5.19. The number of piperidine rings is 1. The maximum atomic E-state index is 12.7. The second-order valence-corrected chi connectivity index (χ2v) is 9.05. The fraction of sp³-hybridized carbons (Fsp3) is 0.333. The summed E-state index contributed by atoms with van der Waals surface area (Å²) >= 11 is 7.80. The number of amides is 1. The highest BCUT2D eigenvalue weighted by atomic mass is 35.5. The third-order valence-electron chi connectivity index (χ3n) is 5.63. The maximum absolute atomic E-state index is 12.7. The minimum absolute atomic E-state index is 0.00622. The van der Waals surface area contributed by atoms with Gasteiger partial charge in [-0.25, -0.2) is 4.98 Å². The lowest BCUT2D eigenvalue weighted by Crippen LogP contribution is -2.36. The molecular formula is C24H25ClN2O4S. The number of halogens is 1. The van der Waals surface area contributed by atoms with Crippen molar-refractivity contribution < 1.29 is 19.0 Å². The first kappa shape index (κ1) is 22.4. The zero-order valence-electron chi connectivity index (χ0n) is 18.3. The Morgan fingerprint density at radius 3 is 2.41 bits per heavy atom. The largest absolute Gasteiger partial charge is 0.493 e. The monoisotopic (exact) mass is 472 g/mol. The Kier molecular flexibility index (Phi) is 6.86. The van der Waals surface area contributed by atoms with E-state index < -0.39 is 0 Å². The Morgan fingerprint density at radius 1 is 1.09 bits per heavy atom. The highest BCUT2D eigenvalue weighted by molar-refractivity contribution is 7.18. The average molecular weight is 473 g/mol. The van der Waals surface area contributed by atoms with Gasteiger partial charge in [-0.15, -0.1) is 11.3 Å². The van der Waals surface area contributed by atoms with Crippen molar-refractivity contribution in [3.63, 3.8) is 0 Å². The number of methoxy groups -OCH3 is 3. The van der Waals surface area contributed by atoms with Gasteiger partial charge >= 0.3 is 0 Å². The van der Waals surface area contributed by atoms with Crippen molar-refractivity contribution in [1.82, 2.24) is 9.88 Å². The van der Waals surface area contributed by atoms with Gasteiger partial charge in [0.05, 0.1) is 36.6 Å². The van der Waals surface area contributed by atoms with Crippen molar-refractivity contribution in [2.75, 3.05) is 34.4 Å². The second-order valence-electron chi connectivity index (χ2n) is 7.56. The van der Waals surface area contributed by atoms with Crippen LogP contribution in [-0.4, -0.2) is 50.2 Å². The van der Waals surface area contributed by atoms with E-state index >= 15 is 0 Å². The van der Waals surface area contributed by atoms with Gasteiger partial charge in [0.25, 0.3) is 0 Å². The smallest absolute Gasteiger partial charge is 0.246 e. The standard InChI is InChI=1S/C24H25ClN2O4S/c1-29-19-12-15(13-20(30-2)23(19)31-3)4-7-22(28)27-10-8-16(9-11-27)24-26-18-14-17(25)5-6-21(18)32-24/h4-7,12-14,16H,8-11H2,1-3H3/b7-4+. The summed E-state index contributed by atoms with van der Waals surface area (Å²) in [4.78, 5) is 19.4. The van der Waals surface area contributed by atoms with E-state index in [1.54, 1.807) is 44.8 Å². The third kappa shape index (κ3) is 4.69. The summed E-state index contributed by atoms with van der Waals surface area (Å²) in [6, 6.07) is 9.45. The van der Waals surface area contributed by atoms with E-state index in [0.29, 0.717) is 41.3 Å². The molecule has 4 rings (SSSR count). The van der Waals surface area contributed by atoms with Gasteiger partial charge in [-0.05, 0) is 54.8 Å². The summed E-state index contributed by atoms with van der Waals surface area (Å²) < 4.78 is 17.3. The highest BCUT2D eigenvalue weighted by Crippen LogP contribution is 2.39. The van der Waals surface area contributed by atoms with Crippen LogP contribution in [0.2, 0.25) is 5.02 Å². The van der Waals surface area contributed by atoms with Gasteiger partial charge in [-0.3, -0.25) is 4.79 Å². The molecule has 6 nitrogen and oxygen atoms in total. The molecular weight excluding hydrogens is 448 g/mol. The number of thiazole rings is 1. The number of carbonyl (C=O) groups is 1. The molecule has 1 aromatic heterocycles. The molecule has 168 valence electrons. The van der Waals surface area contributed by atoms with Crippen molar-refractivity contribution >= 4 is 45.1 Å². The highest BCUT2D eigenvalue weighted by Gasteiger charge is 2.25. The van der Waals surface area contributed by atoms with E-state index in [2.05, 4.69) is 0 Å². The first-order valence-electron chi connectivity index (χ1n) is 10.4. The van der Waals surface area contributed by atoms with Crippen molar-refractivity contribution in [2.24, 2.45) is 0 Å². The molecule has 2 heterocycles. The number of fused-ring (bicyclic) bond motifs is 1. The molecule has 0 saturated carbocycles. The van der Waals surface area contributed by atoms with Gasteiger partial charge in [0.15, 0.2) is 11.5 Å². The van der Waals surface area contributed by atoms with Crippen molar-refractivity contribution in [1.29, 1.82) is 0 Å². The van der Waals surface area contributed by atoms with Crippen LogP contribution in [0.15, 0.2) is 36.4 Å². The zero-order valence-corrected chi connectivity index (χ0v) is 19.8. The molecule has 0 aliphatic carbocycles. The zero-order chi connectivity index (χ0) is 22.7. The predicted molar refractivity (Wildman–Crippen MR) is 128 cm³/mol. The van der Waals surface area contributed by atoms with E-state index in [9.17, 15) is 4.79 Å². The molecule has 32 heavy (non-hydrogen) atoms. The van der Waals surface area contributed by atoms with Crippen molar-refractivity contribution in [3.05, 3.63) is 52.0 Å². The SMILES string of the molecule is COc1cc(/C=C/C(=O)N2CCC(c3nc4cc(Cl)ccc4s3)CC2)cc(OC)c1OC. The summed E-state index contributed by atoms with van der Waals surface area (Å²) in [6.45, 7) is 1.42. The predicted octanol–water partition coefficient (Wildman–Crippen LogP) is 5.39. The first-order valence-corrected chi connectivity index (χ1v) is 11.5. The molecule has 1 aliphatic rings. The van der Waals surface area contributed by atoms with E-state index in [0.717, 1.165) is 33.6 Å². The number of nitrogens with zero attached hydrogens (tertiary/aromatic N) is 2. The minimum Gasteiger partial charge on any atom is -0.493 e. The van der Waals surface area contributed by atoms with Crippen LogP contribution in [0, 0.1) is 0 Å². The van der Waals surface area contributed by atoms with E-state index in [1.807, 2.05) is 35.2 Å². The van der Waals surface area contributed by atoms with Crippen LogP contribution < -0.4 is 14.2 Å². The van der Waals surface area contributed by atoms with Gasteiger partial charge in [0.1, 0.15) is 0 Å². The number of ether oxygens (including phenoxy) is 3. The lowest BCUT2D eigenvalue weighted by Gasteiger charge is -2.30. The van der Waals surface area contributed by atoms with Gasteiger partial charge < -0.3 is 19.1 Å². The Labute approximate surface area is 196 Å². The molecule has 0 spiro atoms. The second kappa shape index (κ2) is 9.79. The number of hydrogen-bond acceptors (Lipinski definition) is 6. The summed E-state index contributed by atoms with van der Waals surface area (Å²) in [5.41, 5.74) is 1.75. The number of carbonyl (C=O) groups excluding carboxylic acids is 1. The Hall–Kier alpha value is -2.77. The quantitative estimate of drug-likeness (QED) is 0.450. The molecule has 1 saturated heterocycles.